The highest BCUT2D eigenvalue weighted by molar-refractivity contribution is 7.15. The second-order valence-electron chi connectivity index (χ2n) is 4.54. The summed E-state index contributed by atoms with van der Waals surface area (Å²) in [5, 5.41) is 0.698. The molecular weight excluding hydrogens is 250 g/mol. The zero-order valence-electron chi connectivity index (χ0n) is 10.6. The lowest BCUT2D eigenvalue weighted by atomic mass is 10.4. The topological polar surface area (TPSA) is 74.5 Å². The summed E-state index contributed by atoms with van der Waals surface area (Å²) in [6, 6.07) is 0. The molecule has 0 aliphatic carbocycles. The Morgan fingerprint density at radius 1 is 1.61 bits per heavy atom. The van der Waals surface area contributed by atoms with Crippen molar-refractivity contribution in [3.63, 3.8) is 0 Å². The molecule has 6 nitrogen and oxygen atoms in total. The summed E-state index contributed by atoms with van der Waals surface area (Å²) in [6.07, 6.45) is 4.06. The van der Waals surface area contributed by atoms with E-state index < -0.39 is 0 Å². The summed E-state index contributed by atoms with van der Waals surface area (Å²) in [5.74, 6) is 5.50. The Morgan fingerprint density at radius 3 is 2.94 bits per heavy atom. The zero-order valence-corrected chi connectivity index (χ0v) is 11.4. The second-order valence-corrected chi connectivity index (χ2v) is 5.65. The lowest BCUT2D eigenvalue weighted by Gasteiger charge is -2.20. The number of hydrogen-bond acceptors (Lipinski definition) is 6. The SMILES string of the molecule is CN(CC(=O)N1CCCC1)Cc1cnc(NN)s1. The van der Waals surface area contributed by atoms with E-state index in [9.17, 15) is 4.79 Å². The highest BCUT2D eigenvalue weighted by Crippen LogP contribution is 2.18. The van der Waals surface area contributed by atoms with E-state index in [-0.39, 0.29) is 5.91 Å². The number of aromatic nitrogens is 1. The van der Waals surface area contributed by atoms with E-state index >= 15 is 0 Å². The fourth-order valence-corrected chi connectivity index (χ4v) is 2.87. The van der Waals surface area contributed by atoms with Crippen LogP contribution in [-0.4, -0.2) is 47.4 Å². The Labute approximate surface area is 111 Å². The third kappa shape index (κ3) is 3.41. The van der Waals surface area contributed by atoms with Crippen LogP contribution in [0.2, 0.25) is 0 Å². The van der Waals surface area contributed by atoms with Crippen LogP contribution in [0.15, 0.2) is 6.20 Å². The van der Waals surface area contributed by atoms with Crippen molar-refractivity contribution in [1.29, 1.82) is 0 Å². The molecule has 1 aliphatic heterocycles. The Balaban J connectivity index is 1.80. The van der Waals surface area contributed by atoms with E-state index in [1.54, 1.807) is 6.20 Å². The molecule has 1 amide bonds. The summed E-state index contributed by atoms with van der Waals surface area (Å²) in [5.41, 5.74) is 2.52. The van der Waals surface area contributed by atoms with Gasteiger partial charge in [-0.15, -0.1) is 0 Å². The number of nitrogens with two attached hydrogens (primary N) is 1. The quantitative estimate of drug-likeness (QED) is 0.601. The van der Waals surface area contributed by atoms with Crippen molar-refractivity contribution in [3.8, 4) is 0 Å². The molecule has 100 valence electrons. The molecule has 1 saturated heterocycles. The largest absolute Gasteiger partial charge is 0.342 e. The van der Waals surface area contributed by atoms with Crippen LogP contribution >= 0.6 is 11.3 Å². The van der Waals surface area contributed by atoms with Crippen LogP contribution in [0.3, 0.4) is 0 Å². The van der Waals surface area contributed by atoms with E-state index in [4.69, 9.17) is 5.84 Å². The van der Waals surface area contributed by atoms with Gasteiger partial charge in [-0.3, -0.25) is 15.1 Å². The van der Waals surface area contributed by atoms with Crippen LogP contribution in [0.1, 0.15) is 17.7 Å². The molecule has 2 rings (SSSR count). The summed E-state index contributed by atoms with van der Waals surface area (Å²) < 4.78 is 0. The average Bonchev–Trinajstić information content (AvgIpc) is 2.98. The molecule has 0 radical (unpaired) electrons. The van der Waals surface area contributed by atoms with Crippen LogP contribution in [0, 0.1) is 0 Å². The van der Waals surface area contributed by atoms with Gasteiger partial charge in [-0.1, -0.05) is 11.3 Å². The predicted octanol–water partition coefficient (Wildman–Crippen LogP) is 0.483. The van der Waals surface area contributed by atoms with Crippen molar-refractivity contribution in [2.45, 2.75) is 19.4 Å². The molecule has 0 saturated carbocycles. The molecule has 7 heteroatoms. The molecule has 0 bridgehead atoms. The normalized spacial score (nSPS) is 15.4. The first-order valence-electron chi connectivity index (χ1n) is 6.06. The van der Waals surface area contributed by atoms with E-state index in [0.29, 0.717) is 11.7 Å². The first-order chi connectivity index (χ1) is 8.69. The molecule has 0 aromatic carbocycles. The molecule has 1 aromatic heterocycles. The summed E-state index contributed by atoms with van der Waals surface area (Å²) in [7, 11) is 1.95. The van der Waals surface area contributed by atoms with Crippen molar-refractivity contribution >= 4 is 22.4 Å². The van der Waals surface area contributed by atoms with Gasteiger partial charge in [0.2, 0.25) is 5.91 Å². The molecule has 3 N–H and O–H groups in total. The molecule has 1 aliphatic rings. The van der Waals surface area contributed by atoms with Crippen molar-refractivity contribution in [2.75, 3.05) is 32.1 Å². The van der Waals surface area contributed by atoms with Gasteiger partial charge < -0.3 is 4.90 Å². The molecule has 0 unspecified atom stereocenters. The lowest BCUT2D eigenvalue weighted by molar-refractivity contribution is -0.131. The van der Waals surface area contributed by atoms with Crippen LogP contribution < -0.4 is 11.3 Å². The fourth-order valence-electron chi connectivity index (χ4n) is 2.07. The predicted molar refractivity (Wildman–Crippen MR) is 72.1 cm³/mol. The maximum atomic E-state index is 11.9. The number of likely N-dealkylation sites (tertiary alicyclic amines) is 1. The van der Waals surface area contributed by atoms with E-state index in [0.717, 1.165) is 37.4 Å². The van der Waals surface area contributed by atoms with Gasteiger partial charge in [0.1, 0.15) is 0 Å². The van der Waals surface area contributed by atoms with Gasteiger partial charge in [0, 0.05) is 30.7 Å². The monoisotopic (exact) mass is 269 g/mol. The molecule has 0 atom stereocenters. The van der Waals surface area contributed by atoms with Crippen molar-refractivity contribution in [3.05, 3.63) is 11.1 Å². The van der Waals surface area contributed by atoms with Crippen molar-refractivity contribution < 1.29 is 4.79 Å². The number of hydrazine groups is 1. The number of anilines is 1. The van der Waals surface area contributed by atoms with E-state index in [1.807, 2.05) is 16.8 Å². The number of rotatable bonds is 5. The minimum atomic E-state index is 0.219. The molecular formula is C11H19N5OS. The number of nitrogens with one attached hydrogen (secondary N) is 1. The molecule has 1 fully saturated rings. The first-order valence-corrected chi connectivity index (χ1v) is 6.88. The number of carbonyl (C=O) groups is 1. The molecule has 2 heterocycles. The van der Waals surface area contributed by atoms with E-state index in [1.165, 1.54) is 11.3 Å². The number of nitrogens with zero attached hydrogens (tertiary/aromatic N) is 3. The summed E-state index contributed by atoms with van der Waals surface area (Å²) in [6.45, 7) is 3.01. The highest BCUT2D eigenvalue weighted by atomic mass is 32.1. The Morgan fingerprint density at radius 2 is 2.33 bits per heavy atom. The van der Waals surface area contributed by atoms with Gasteiger partial charge >= 0.3 is 0 Å². The first kappa shape index (κ1) is 13.3. The number of hydrogen-bond donors (Lipinski definition) is 2. The van der Waals surface area contributed by atoms with E-state index in [2.05, 4.69) is 10.4 Å². The molecule has 0 spiro atoms. The Kier molecular flexibility index (Phi) is 4.51. The number of nitrogen functional groups attached to an aromatic ring is 1. The minimum Gasteiger partial charge on any atom is -0.342 e. The summed E-state index contributed by atoms with van der Waals surface area (Å²) >= 11 is 1.51. The van der Waals surface area contributed by atoms with Crippen LogP contribution in [0.5, 0.6) is 0 Å². The number of amides is 1. The van der Waals surface area contributed by atoms with Crippen LogP contribution in [0.4, 0.5) is 5.13 Å². The van der Waals surface area contributed by atoms with Gasteiger partial charge in [0.15, 0.2) is 5.13 Å². The number of carbonyl (C=O) groups excluding carboxylic acids is 1. The van der Waals surface area contributed by atoms with Crippen molar-refractivity contribution in [1.82, 2.24) is 14.8 Å². The Hall–Kier alpha value is -1.18. The molecule has 18 heavy (non-hydrogen) atoms. The van der Waals surface area contributed by atoms with Crippen LogP contribution in [0.25, 0.3) is 0 Å². The smallest absolute Gasteiger partial charge is 0.236 e. The third-order valence-electron chi connectivity index (χ3n) is 2.97. The third-order valence-corrected chi connectivity index (χ3v) is 3.88. The average molecular weight is 269 g/mol. The number of likely N-dealkylation sites (N-methyl/N-ethyl adjacent to an activating group) is 1. The maximum Gasteiger partial charge on any atom is 0.236 e. The van der Waals surface area contributed by atoms with Gasteiger partial charge in [0.05, 0.1) is 6.54 Å². The van der Waals surface area contributed by atoms with Crippen molar-refractivity contribution in [2.24, 2.45) is 5.84 Å². The zero-order chi connectivity index (χ0) is 13.0. The standard InChI is InChI=1S/C11H19N5OS/c1-15(7-9-6-13-11(14-12)18-9)8-10(17)16-4-2-3-5-16/h6H,2-5,7-8,12H2,1H3,(H,13,14). The lowest BCUT2D eigenvalue weighted by Crippen LogP contribution is -2.36. The second kappa shape index (κ2) is 6.12. The molecule has 1 aromatic rings. The maximum absolute atomic E-state index is 11.9. The summed E-state index contributed by atoms with van der Waals surface area (Å²) in [4.78, 5) is 21.1. The number of thiazole rings is 1. The van der Waals surface area contributed by atoms with Gasteiger partial charge in [-0.25, -0.2) is 10.8 Å². The van der Waals surface area contributed by atoms with Crippen LogP contribution in [-0.2, 0) is 11.3 Å². The van der Waals surface area contributed by atoms with Gasteiger partial charge in [0.25, 0.3) is 0 Å². The Bertz CT molecular complexity index is 402. The minimum absolute atomic E-state index is 0.219. The fraction of sp³-hybridized carbons (Fsp3) is 0.636. The highest BCUT2D eigenvalue weighted by Gasteiger charge is 2.19. The van der Waals surface area contributed by atoms with Gasteiger partial charge in [-0.2, -0.15) is 0 Å². The van der Waals surface area contributed by atoms with Gasteiger partial charge in [-0.05, 0) is 19.9 Å².